The summed E-state index contributed by atoms with van der Waals surface area (Å²) in [5, 5.41) is 11.6. The van der Waals surface area contributed by atoms with Crippen LogP contribution in [0.2, 0.25) is 0 Å². The van der Waals surface area contributed by atoms with Gasteiger partial charge in [0.25, 0.3) is 0 Å². The van der Waals surface area contributed by atoms with Gasteiger partial charge in [-0.05, 0) is 29.8 Å². The smallest absolute Gasteiger partial charge is 0.0851 e. The Morgan fingerprint density at radius 2 is 1.90 bits per heavy atom. The van der Waals surface area contributed by atoms with Crippen molar-refractivity contribution in [3.63, 3.8) is 0 Å². The van der Waals surface area contributed by atoms with E-state index in [9.17, 15) is 5.11 Å². The van der Waals surface area contributed by atoms with Crippen molar-refractivity contribution in [2.24, 2.45) is 0 Å². The van der Waals surface area contributed by atoms with E-state index in [1.54, 1.807) is 6.20 Å². The van der Waals surface area contributed by atoms with Crippen LogP contribution in [0.1, 0.15) is 17.2 Å². The molecule has 1 atom stereocenters. The van der Waals surface area contributed by atoms with Gasteiger partial charge in [-0.15, -0.1) is 0 Å². The molecular weight excluding hydrogens is 394 g/mol. The van der Waals surface area contributed by atoms with E-state index in [1.165, 1.54) is 0 Å². The van der Waals surface area contributed by atoms with Crippen LogP contribution >= 0.6 is 31.9 Å². The van der Waals surface area contributed by atoms with Crippen LogP contribution in [0.25, 0.3) is 10.9 Å². The molecule has 1 heterocycles. The molecule has 106 valence electrons. The third-order valence-corrected chi connectivity index (χ3v) is 4.61. The maximum atomic E-state index is 10.6. The molecule has 0 spiro atoms. The van der Waals surface area contributed by atoms with E-state index < -0.39 is 6.10 Å². The van der Waals surface area contributed by atoms with Crippen LogP contribution in [0, 0.1) is 0 Å². The van der Waals surface area contributed by atoms with Gasteiger partial charge in [0.05, 0.1) is 11.6 Å². The predicted molar refractivity (Wildman–Crippen MR) is 92.2 cm³/mol. The molecule has 1 unspecified atom stereocenters. The van der Waals surface area contributed by atoms with E-state index in [0.29, 0.717) is 6.42 Å². The lowest BCUT2D eigenvalue weighted by molar-refractivity contribution is 0.180. The Morgan fingerprint density at radius 3 is 2.71 bits per heavy atom. The summed E-state index contributed by atoms with van der Waals surface area (Å²) >= 11 is 6.99. The average Bonchev–Trinajstić information content (AvgIpc) is 2.48. The summed E-state index contributed by atoms with van der Waals surface area (Å²) in [6.45, 7) is 0. The van der Waals surface area contributed by atoms with Gasteiger partial charge in [-0.3, -0.25) is 4.98 Å². The maximum absolute atomic E-state index is 10.6. The number of pyridine rings is 1. The number of hydrogen-bond donors (Lipinski definition) is 1. The molecule has 0 aliphatic rings. The van der Waals surface area contributed by atoms with Crippen molar-refractivity contribution < 1.29 is 5.11 Å². The minimum atomic E-state index is -0.579. The predicted octanol–water partition coefficient (Wildman–Crippen LogP) is 5.04. The fraction of sp³-hybridized carbons (Fsp3) is 0.118. The molecule has 0 radical (unpaired) electrons. The largest absolute Gasteiger partial charge is 0.388 e. The molecule has 0 saturated heterocycles. The quantitative estimate of drug-likeness (QED) is 0.661. The summed E-state index contributed by atoms with van der Waals surface area (Å²) in [7, 11) is 0. The van der Waals surface area contributed by atoms with Crippen molar-refractivity contribution in [3.05, 3.63) is 74.8 Å². The Kier molecular flexibility index (Phi) is 4.38. The van der Waals surface area contributed by atoms with Gasteiger partial charge >= 0.3 is 0 Å². The molecule has 0 amide bonds. The van der Waals surface area contributed by atoms with Crippen molar-refractivity contribution >= 4 is 42.8 Å². The van der Waals surface area contributed by atoms with Gasteiger partial charge in [0.1, 0.15) is 0 Å². The molecule has 2 nitrogen and oxygen atoms in total. The van der Waals surface area contributed by atoms with Gasteiger partial charge in [0.15, 0.2) is 0 Å². The van der Waals surface area contributed by atoms with Gasteiger partial charge in [-0.2, -0.15) is 0 Å². The summed E-state index contributed by atoms with van der Waals surface area (Å²) < 4.78 is 2.01. The number of benzene rings is 2. The molecule has 3 aromatic rings. The first kappa shape index (κ1) is 14.7. The second-order valence-corrected chi connectivity index (χ2v) is 6.66. The van der Waals surface area contributed by atoms with Crippen LogP contribution in [0.4, 0.5) is 0 Å². The Hall–Kier alpha value is -1.23. The van der Waals surface area contributed by atoms with Gasteiger partial charge < -0.3 is 5.11 Å². The average molecular weight is 407 g/mol. The molecule has 21 heavy (non-hydrogen) atoms. The highest BCUT2D eigenvalue weighted by atomic mass is 79.9. The number of rotatable bonds is 3. The van der Waals surface area contributed by atoms with Gasteiger partial charge in [-0.25, -0.2) is 0 Å². The lowest BCUT2D eigenvalue weighted by atomic mass is 9.99. The third-order valence-electron chi connectivity index (χ3n) is 3.42. The first-order valence-corrected chi connectivity index (χ1v) is 8.19. The molecular formula is C17H13Br2NO. The molecule has 1 aromatic heterocycles. The fourth-order valence-corrected chi connectivity index (χ4v) is 3.32. The van der Waals surface area contributed by atoms with Crippen LogP contribution in [-0.2, 0) is 6.42 Å². The summed E-state index contributed by atoms with van der Waals surface area (Å²) in [6.07, 6.45) is 1.74. The second kappa shape index (κ2) is 6.26. The van der Waals surface area contributed by atoms with E-state index in [-0.39, 0.29) is 0 Å². The summed E-state index contributed by atoms with van der Waals surface area (Å²) in [5.74, 6) is 0. The second-order valence-electron chi connectivity index (χ2n) is 4.89. The molecule has 4 heteroatoms. The third kappa shape index (κ3) is 3.18. The molecule has 3 rings (SSSR count). The first-order valence-electron chi connectivity index (χ1n) is 6.61. The summed E-state index contributed by atoms with van der Waals surface area (Å²) in [5.41, 5.74) is 2.78. The number of aromatic nitrogens is 1. The highest BCUT2D eigenvalue weighted by Crippen LogP contribution is 2.30. The normalized spacial score (nSPS) is 12.5. The minimum Gasteiger partial charge on any atom is -0.388 e. The number of aliphatic hydroxyl groups excluding tert-OH is 1. The van der Waals surface area contributed by atoms with Crippen molar-refractivity contribution in [1.82, 2.24) is 4.98 Å². The van der Waals surface area contributed by atoms with Gasteiger partial charge in [0, 0.05) is 32.5 Å². The first-order chi connectivity index (χ1) is 10.1. The number of nitrogens with zero attached hydrogens (tertiary/aromatic N) is 1. The van der Waals surface area contributed by atoms with Crippen molar-refractivity contribution in [3.8, 4) is 0 Å². The van der Waals surface area contributed by atoms with Gasteiger partial charge in [-0.1, -0.05) is 56.1 Å². The zero-order valence-electron chi connectivity index (χ0n) is 11.1. The fourth-order valence-electron chi connectivity index (χ4n) is 2.43. The summed E-state index contributed by atoms with van der Waals surface area (Å²) in [6, 6.07) is 15.8. The van der Waals surface area contributed by atoms with Crippen LogP contribution in [0.3, 0.4) is 0 Å². The number of fused-ring (bicyclic) bond motifs is 1. The lowest BCUT2D eigenvalue weighted by Gasteiger charge is -2.14. The van der Waals surface area contributed by atoms with Crippen molar-refractivity contribution in [2.45, 2.75) is 12.5 Å². The SMILES string of the molecule is OC(Cc1cccc(Br)c1)c1ccc(Br)c2cccnc12. The highest BCUT2D eigenvalue weighted by Gasteiger charge is 2.14. The van der Waals surface area contributed by atoms with E-state index in [1.807, 2.05) is 48.5 Å². The molecule has 2 aromatic carbocycles. The monoisotopic (exact) mass is 405 g/mol. The molecule has 0 aliphatic carbocycles. The Bertz CT molecular complexity index is 789. The van der Waals surface area contributed by atoms with Crippen LogP contribution in [-0.4, -0.2) is 10.1 Å². The molecule has 0 saturated carbocycles. The zero-order chi connectivity index (χ0) is 14.8. The number of hydrogen-bond acceptors (Lipinski definition) is 2. The molecule has 0 bridgehead atoms. The summed E-state index contributed by atoms with van der Waals surface area (Å²) in [4.78, 5) is 4.42. The Labute approximate surface area is 140 Å². The van der Waals surface area contributed by atoms with E-state index in [2.05, 4.69) is 36.8 Å². The standard InChI is InChI=1S/C17H13Br2NO/c18-12-4-1-3-11(9-12)10-16(21)14-6-7-15(19)13-5-2-8-20-17(13)14/h1-9,16,21H,10H2. The zero-order valence-corrected chi connectivity index (χ0v) is 14.3. The topological polar surface area (TPSA) is 33.1 Å². The van der Waals surface area contributed by atoms with Crippen molar-refractivity contribution in [2.75, 3.05) is 0 Å². The maximum Gasteiger partial charge on any atom is 0.0851 e. The van der Waals surface area contributed by atoms with Crippen LogP contribution in [0.5, 0.6) is 0 Å². The molecule has 1 N–H and O–H groups in total. The van der Waals surface area contributed by atoms with E-state index >= 15 is 0 Å². The molecule has 0 aliphatic heterocycles. The number of halogens is 2. The Balaban J connectivity index is 1.98. The Morgan fingerprint density at radius 1 is 1.05 bits per heavy atom. The van der Waals surface area contributed by atoms with Gasteiger partial charge in [0.2, 0.25) is 0 Å². The van der Waals surface area contributed by atoms with Crippen LogP contribution < -0.4 is 0 Å². The molecule has 0 fully saturated rings. The lowest BCUT2D eigenvalue weighted by Crippen LogP contribution is -2.03. The van der Waals surface area contributed by atoms with E-state index in [0.717, 1.165) is 31.0 Å². The van der Waals surface area contributed by atoms with Crippen molar-refractivity contribution in [1.29, 1.82) is 0 Å². The minimum absolute atomic E-state index is 0.562. The highest BCUT2D eigenvalue weighted by molar-refractivity contribution is 9.11. The van der Waals surface area contributed by atoms with E-state index in [4.69, 9.17) is 0 Å². The van der Waals surface area contributed by atoms with Crippen LogP contribution in [0.15, 0.2) is 63.7 Å². The number of aliphatic hydroxyl groups is 1.